The van der Waals surface area contributed by atoms with E-state index in [1.165, 1.54) is 0 Å². The molecule has 0 radical (unpaired) electrons. The molecule has 0 fully saturated rings. The molecular weight excluding hydrogens is 370 g/mol. The van der Waals surface area contributed by atoms with E-state index in [4.69, 9.17) is 4.98 Å². The van der Waals surface area contributed by atoms with Crippen LogP contribution in [0, 0.1) is 0 Å². The van der Waals surface area contributed by atoms with Gasteiger partial charge in [0, 0.05) is 40.5 Å². The molecule has 4 aromatic heterocycles. The van der Waals surface area contributed by atoms with E-state index in [0.29, 0.717) is 0 Å². The van der Waals surface area contributed by atoms with E-state index >= 15 is 0 Å². The molecule has 0 bridgehead atoms. The van der Waals surface area contributed by atoms with Gasteiger partial charge in [0.1, 0.15) is 0 Å². The fraction of sp³-hybridized carbons (Fsp3) is 0. The van der Waals surface area contributed by atoms with Crippen LogP contribution in [0.15, 0.2) is 91.5 Å². The fourth-order valence-electron chi connectivity index (χ4n) is 3.66. The minimum atomic E-state index is 0.723. The molecule has 0 unspecified atom stereocenters. The van der Waals surface area contributed by atoms with Crippen LogP contribution in [0.1, 0.15) is 0 Å². The summed E-state index contributed by atoms with van der Waals surface area (Å²) in [6.45, 7) is 0. The van der Waals surface area contributed by atoms with E-state index in [2.05, 4.69) is 44.2 Å². The van der Waals surface area contributed by atoms with Crippen molar-refractivity contribution in [3.8, 4) is 22.4 Å². The van der Waals surface area contributed by atoms with E-state index in [9.17, 15) is 0 Å². The Labute approximate surface area is 172 Å². The summed E-state index contributed by atoms with van der Waals surface area (Å²) in [5.41, 5.74) is 7.23. The lowest BCUT2D eigenvalue weighted by molar-refractivity contribution is 1.26. The summed E-state index contributed by atoms with van der Waals surface area (Å²) in [6.07, 6.45) is 7.23. The number of fused-ring (bicyclic) bond motifs is 3. The minimum absolute atomic E-state index is 0.723. The lowest BCUT2D eigenvalue weighted by Crippen LogP contribution is -1.91. The molecule has 0 spiro atoms. The zero-order chi connectivity index (χ0) is 19.9. The topological polar surface area (TPSA) is 64.5 Å². The number of nitrogens with zero attached hydrogens (tertiary/aromatic N) is 5. The van der Waals surface area contributed by atoms with Crippen molar-refractivity contribution in [2.45, 2.75) is 0 Å². The van der Waals surface area contributed by atoms with Crippen molar-refractivity contribution in [2.75, 3.05) is 0 Å². The van der Waals surface area contributed by atoms with Crippen molar-refractivity contribution in [1.82, 2.24) is 24.9 Å². The van der Waals surface area contributed by atoms with Gasteiger partial charge >= 0.3 is 0 Å². The molecule has 0 atom stereocenters. The SMILES string of the molecule is c1ccc2ncc(-c3ccc4ncc(-c5cnc6ncccc6c5)nc4c3)cc2c1. The predicted octanol–water partition coefficient (Wildman–Crippen LogP) is 5.46. The quantitative estimate of drug-likeness (QED) is 0.396. The van der Waals surface area contributed by atoms with Crippen molar-refractivity contribution in [1.29, 1.82) is 0 Å². The van der Waals surface area contributed by atoms with Crippen molar-refractivity contribution in [2.24, 2.45) is 0 Å². The van der Waals surface area contributed by atoms with Crippen LogP contribution in [0.5, 0.6) is 0 Å². The number of benzene rings is 2. The number of hydrogen-bond donors (Lipinski definition) is 0. The van der Waals surface area contributed by atoms with E-state index in [0.717, 1.165) is 55.4 Å². The third-order valence-corrected chi connectivity index (χ3v) is 5.22. The Balaban J connectivity index is 1.46. The zero-order valence-electron chi connectivity index (χ0n) is 15.9. The summed E-state index contributed by atoms with van der Waals surface area (Å²) >= 11 is 0. The number of aromatic nitrogens is 5. The van der Waals surface area contributed by atoms with E-state index in [1.807, 2.05) is 48.7 Å². The third-order valence-electron chi connectivity index (χ3n) is 5.22. The molecule has 4 heterocycles. The molecule has 0 aliphatic heterocycles. The second-order valence-electron chi connectivity index (χ2n) is 7.15. The molecular formula is C25H15N5. The second kappa shape index (κ2) is 6.67. The molecule has 6 aromatic rings. The summed E-state index contributed by atoms with van der Waals surface area (Å²) in [6, 6.07) is 22.3. The van der Waals surface area contributed by atoms with E-state index in [1.54, 1.807) is 18.6 Å². The van der Waals surface area contributed by atoms with Gasteiger partial charge in [-0.25, -0.2) is 15.0 Å². The fourth-order valence-corrected chi connectivity index (χ4v) is 3.66. The number of pyridine rings is 3. The summed E-state index contributed by atoms with van der Waals surface area (Å²) in [7, 11) is 0. The van der Waals surface area contributed by atoms with Crippen LogP contribution in [0.3, 0.4) is 0 Å². The van der Waals surface area contributed by atoms with Crippen LogP contribution in [0.4, 0.5) is 0 Å². The van der Waals surface area contributed by atoms with E-state index in [-0.39, 0.29) is 0 Å². The molecule has 6 rings (SSSR count). The third kappa shape index (κ3) is 2.84. The molecule has 2 aromatic carbocycles. The molecule has 140 valence electrons. The number of para-hydroxylation sites is 1. The van der Waals surface area contributed by atoms with Crippen LogP contribution in [0.2, 0.25) is 0 Å². The highest BCUT2D eigenvalue weighted by Gasteiger charge is 2.08. The van der Waals surface area contributed by atoms with Gasteiger partial charge in [-0.3, -0.25) is 9.97 Å². The Hall–Kier alpha value is -4.25. The Morgan fingerprint density at radius 1 is 0.500 bits per heavy atom. The standard InChI is InChI=1S/C25H15N5/c1-2-6-21-17(4-1)10-19(13-27-21)16-7-8-22-23(12-16)30-24(15-28-22)20-11-18-5-3-9-26-25(18)29-14-20/h1-15H. The first-order valence-corrected chi connectivity index (χ1v) is 9.67. The van der Waals surface area contributed by atoms with Crippen molar-refractivity contribution in [3.63, 3.8) is 0 Å². The van der Waals surface area contributed by atoms with Crippen LogP contribution in [-0.4, -0.2) is 24.9 Å². The van der Waals surface area contributed by atoms with E-state index < -0.39 is 0 Å². The molecule has 30 heavy (non-hydrogen) atoms. The molecule has 0 N–H and O–H groups in total. The summed E-state index contributed by atoms with van der Waals surface area (Å²) < 4.78 is 0. The Kier molecular flexibility index (Phi) is 3.71. The van der Waals surface area contributed by atoms with Crippen LogP contribution < -0.4 is 0 Å². The molecule has 0 aliphatic carbocycles. The Bertz CT molecular complexity index is 1440. The van der Waals surface area contributed by atoms with Gasteiger partial charge in [0.15, 0.2) is 5.65 Å². The maximum atomic E-state index is 4.86. The van der Waals surface area contributed by atoms with Gasteiger partial charge in [-0.1, -0.05) is 24.3 Å². The largest absolute Gasteiger partial charge is 0.256 e. The van der Waals surface area contributed by atoms with Crippen molar-refractivity contribution < 1.29 is 0 Å². The van der Waals surface area contributed by atoms with Gasteiger partial charge in [-0.05, 0) is 48.0 Å². The van der Waals surface area contributed by atoms with Crippen molar-refractivity contribution >= 4 is 33.0 Å². The molecule has 0 saturated carbocycles. The highest BCUT2D eigenvalue weighted by atomic mass is 14.8. The van der Waals surface area contributed by atoms with Gasteiger partial charge in [0.05, 0.1) is 28.4 Å². The lowest BCUT2D eigenvalue weighted by Gasteiger charge is -2.07. The summed E-state index contributed by atoms with van der Waals surface area (Å²) in [4.78, 5) is 22.8. The lowest BCUT2D eigenvalue weighted by atomic mass is 10.0. The average molecular weight is 385 g/mol. The molecule has 0 amide bonds. The summed E-state index contributed by atoms with van der Waals surface area (Å²) in [5, 5.41) is 2.10. The second-order valence-corrected chi connectivity index (χ2v) is 7.15. The molecule has 5 nitrogen and oxygen atoms in total. The normalized spacial score (nSPS) is 11.3. The first kappa shape index (κ1) is 16.7. The van der Waals surface area contributed by atoms with Gasteiger partial charge < -0.3 is 0 Å². The maximum Gasteiger partial charge on any atom is 0.159 e. The van der Waals surface area contributed by atoms with Crippen LogP contribution >= 0.6 is 0 Å². The summed E-state index contributed by atoms with van der Waals surface area (Å²) in [5.74, 6) is 0. The Morgan fingerprint density at radius 2 is 1.33 bits per heavy atom. The molecule has 0 saturated heterocycles. The monoisotopic (exact) mass is 385 g/mol. The van der Waals surface area contributed by atoms with Crippen LogP contribution in [0.25, 0.3) is 55.4 Å². The molecule has 5 heteroatoms. The first-order chi connectivity index (χ1) is 14.8. The van der Waals surface area contributed by atoms with Gasteiger partial charge in [-0.15, -0.1) is 0 Å². The smallest absolute Gasteiger partial charge is 0.159 e. The highest BCUT2D eigenvalue weighted by Crippen LogP contribution is 2.27. The number of rotatable bonds is 2. The van der Waals surface area contributed by atoms with Gasteiger partial charge in [0.2, 0.25) is 0 Å². The Morgan fingerprint density at radius 3 is 2.33 bits per heavy atom. The first-order valence-electron chi connectivity index (χ1n) is 9.67. The van der Waals surface area contributed by atoms with Gasteiger partial charge in [0.25, 0.3) is 0 Å². The highest BCUT2D eigenvalue weighted by molar-refractivity contribution is 5.87. The predicted molar refractivity (Wildman–Crippen MR) is 119 cm³/mol. The van der Waals surface area contributed by atoms with Crippen LogP contribution in [-0.2, 0) is 0 Å². The average Bonchev–Trinajstić information content (AvgIpc) is 2.82. The number of hydrogen-bond acceptors (Lipinski definition) is 5. The van der Waals surface area contributed by atoms with Gasteiger partial charge in [-0.2, -0.15) is 0 Å². The maximum absolute atomic E-state index is 4.86. The molecule has 0 aliphatic rings. The zero-order valence-corrected chi connectivity index (χ0v) is 15.9. The van der Waals surface area contributed by atoms with Crippen molar-refractivity contribution in [3.05, 3.63) is 91.5 Å². The minimum Gasteiger partial charge on any atom is -0.256 e.